The summed E-state index contributed by atoms with van der Waals surface area (Å²) >= 11 is 0. The molecule has 134 valence electrons. The fourth-order valence-corrected chi connectivity index (χ4v) is 3.13. The van der Waals surface area contributed by atoms with E-state index in [0.29, 0.717) is 6.42 Å². The molecule has 0 aliphatic carbocycles. The van der Waals surface area contributed by atoms with Gasteiger partial charge in [-0.1, -0.05) is 57.6 Å². The first-order valence-corrected chi connectivity index (χ1v) is 9.45. The van der Waals surface area contributed by atoms with Crippen LogP contribution in [0.15, 0.2) is 12.2 Å². The minimum Gasteiger partial charge on any atom is -0.396 e. The van der Waals surface area contributed by atoms with Gasteiger partial charge in [-0.2, -0.15) is 0 Å². The van der Waals surface area contributed by atoms with Gasteiger partial charge in [-0.25, -0.2) is 0 Å². The average Bonchev–Trinajstić information content (AvgIpc) is 2.89. The molecule has 0 bridgehead atoms. The highest BCUT2D eigenvalue weighted by atomic mass is 16.3. The van der Waals surface area contributed by atoms with E-state index in [9.17, 15) is 9.90 Å². The number of hydrogen-bond donors (Lipinski definition) is 2. The Morgan fingerprint density at radius 2 is 1.91 bits per heavy atom. The highest BCUT2D eigenvalue weighted by molar-refractivity contribution is 5.79. The summed E-state index contributed by atoms with van der Waals surface area (Å²) < 4.78 is 0. The lowest BCUT2D eigenvalue weighted by Crippen LogP contribution is -2.32. The van der Waals surface area contributed by atoms with E-state index < -0.39 is 0 Å². The number of carbonyl (C=O) groups excluding carboxylic acids is 1. The maximum atomic E-state index is 12.0. The van der Waals surface area contributed by atoms with Crippen LogP contribution in [-0.4, -0.2) is 46.3 Å². The molecule has 2 atom stereocenters. The molecule has 1 amide bonds. The lowest BCUT2D eigenvalue weighted by atomic mass is 10.1. The maximum absolute atomic E-state index is 12.0. The summed E-state index contributed by atoms with van der Waals surface area (Å²) in [6.45, 7) is 3.25. The first-order chi connectivity index (χ1) is 11.2. The summed E-state index contributed by atoms with van der Waals surface area (Å²) in [5.41, 5.74) is 0. The Balaban J connectivity index is 2.28. The number of aliphatic hydroxyl groups excluding tert-OH is 2. The van der Waals surface area contributed by atoms with E-state index >= 15 is 0 Å². The van der Waals surface area contributed by atoms with Crippen LogP contribution in [0.2, 0.25) is 0 Å². The normalized spacial score (nSPS) is 19.9. The van der Waals surface area contributed by atoms with Crippen molar-refractivity contribution in [1.82, 2.24) is 4.90 Å². The van der Waals surface area contributed by atoms with Crippen molar-refractivity contribution in [1.29, 1.82) is 0 Å². The van der Waals surface area contributed by atoms with Crippen LogP contribution in [0.3, 0.4) is 0 Å². The third-order valence-electron chi connectivity index (χ3n) is 4.59. The summed E-state index contributed by atoms with van der Waals surface area (Å²) in [6.07, 6.45) is 14.5. The zero-order chi connectivity index (χ0) is 16.9. The Labute approximate surface area is 141 Å². The van der Waals surface area contributed by atoms with Crippen LogP contribution in [0.4, 0.5) is 0 Å². The monoisotopic (exact) mass is 325 g/mol. The van der Waals surface area contributed by atoms with Gasteiger partial charge in [0.25, 0.3) is 0 Å². The molecule has 23 heavy (non-hydrogen) atoms. The van der Waals surface area contributed by atoms with Crippen LogP contribution in [0.5, 0.6) is 0 Å². The Hall–Kier alpha value is -0.870. The Morgan fingerprint density at radius 3 is 2.65 bits per heavy atom. The van der Waals surface area contributed by atoms with Gasteiger partial charge in [-0.15, -0.1) is 0 Å². The molecule has 2 N–H and O–H groups in total. The van der Waals surface area contributed by atoms with Crippen LogP contribution in [-0.2, 0) is 4.79 Å². The Morgan fingerprint density at radius 1 is 1.17 bits per heavy atom. The van der Waals surface area contributed by atoms with Crippen LogP contribution >= 0.6 is 0 Å². The largest absolute Gasteiger partial charge is 0.396 e. The fraction of sp³-hybridized carbons (Fsp3) is 0.842. The number of amides is 1. The first kappa shape index (κ1) is 20.2. The average molecular weight is 325 g/mol. The number of aliphatic hydroxyl groups is 2. The third kappa shape index (κ3) is 8.52. The molecule has 4 heteroatoms. The summed E-state index contributed by atoms with van der Waals surface area (Å²) in [7, 11) is 0. The van der Waals surface area contributed by atoms with Gasteiger partial charge < -0.3 is 15.1 Å². The minimum absolute atomic E-state index is 0.167. The smallest absolute Gasteiger partial charge is 0.223 e. The lowest BCUT2D eigenvalue weighted by Gasteiger charge is -2.22. The minimum atomic E-state index is -0.377. The number of hydrogen-bond acceptors (Lipinski definition) is 3. The Bertz CT molecular complexity index is 344. The molecule has 0 aromatic heterocycles. The second-order valence-corrected chi connectivity index (χ2v) is 6.63. The third-order valence-corrected chi connectivity index (χ3v) is 4.59. The van der Waals surface area contributed by atoms with Crippen LogP contribution in [0.25, 0.3) is 0 Å². The van der Waals surface area contributed by atoms with E-state index in [1.807, 2.05) is 17.1 Å². The van der Waals surface area contributed by atoms with E-state index in [4.69, 9.17) is 5.11 Å². The van der Waals surface area contributed by atoms with Crippen LogP contribution in [0, 0.1) is 0 Å². The van der Waals surface area contributed by atoms with E-state index in [-0.39, 0.29) is 24.7 Å². The summed E-state index contributed by atoms with van der Waals surface area (Å²) in [5, 5.41) is 18.7. The fourth-order valence-electron chi connectivity index (χ4n) is 3.13. The predicted octanol–water partition coefficient (Wildman–Crippen LogP) is 3.42. The van der Waals surface area contributed by atoms with Crippen molar-refractivity contribution in [3.8, 4) is 0 Å². The van der Waals surface area contributed by atoms with E-state index in [2.05, 4.69) is 6.92 Å². The van der Waals surface area contributed by atoms with Crippen LogP contribution in [0.1, 0.15) is 77.6 Å². The molecule has 1 aliphatic rings. The molecular weight excluding hydrogens is 290 g/mol. The molecule has 1 fully saturated rings. The SMILES string of the molecule is CCCCC[C@@H](O)/C=C/C1CCC(=O)N1CCCCCCCO. The lowest BCUT2D eigenvalue weighted by molar-refractivity contribution is -0.128. The van der Waals surface area contributed by atoms with Gasteiger partial charge in [0, 0.05) is 19.6 Å². The van der Waals surface area contributed by atoms with E-state index in [1.165, 1.54) is 6.42 Å². The molecule has 1 aliphatic heterocycles. The zero-order valence-corrected chi connectivity index (χ0v) is 14.8. The van der Waals surface area contributed by atoms with Crippen molar-refractivity contribution in [3.05, 3.63) is 12.2 Å². The molecule has 1 unspecified atom stereocenters. The molecular formula is C19H35NO3. The topological polar surface area (TPSA) is 60.8 Å². The van der Waals surface area contributed by atoms with Crippen molar-refractivity contribution >= 4 is 5.91 Å². The molecule has 1 heterocycles. The summed E-state index contributed by atoms with van der Waals surface area (Å²) in [6, 6.07) is 0.167. The number of carbonyl (C=O) groups is 1. The molecule has 0 aromatic rings. The van der Waals surface area contributed by atoms with Crippen LogP contribution < -0.4 is 0 Å². The van der Waals surface area contributed by atoms with Gasteiger partial charge in [-0.3, -0.25) is 4.79 Å². The zero-order valence-electron chi connectivity index (χ0n) is 14.8. The van der Waals surface area contributed by atoms with Crippen molar-refractivity contribution in [2.75, 3.05) is 13.2 Å². The molecule has 1 saturated heterocycles. The van der Waals surface area contributed by atoms with Gasteiger partial charge >= 0.3 is 0 Å². The maximum Gasteiger partial charge on any atom is 0.223 e. The van der Waals surface area contributed by atoms with Gasteiger partial charge in [0.1, 0.15) is 0 Å². The van der Waals surface area contributed by atoms with Crippen molar-refractivity contribution < 1.29 is 15.0 Å². The Kier molecular flexibility index (Phi) is 11.0. The van der Waals surface area contributed by atoms with Gasteiger partial charge in [0.05, 0.1) is 12.1 Å². The van der Waals surface area contributed by atoms with Gasteiger partial charge in [0.2, 0.25) is 5.91 Å². The summed E-state index contributed by atoms with van der Waals surface area (Å²) in [4.78, 5) is 14.0. The van der Waals surface area contributed by atoms with Gasteiger partial charge in [0.15, 0.2) is 0 Å². The molecule has 1 rings (SSSR count). The van der Waals surface area contributed by atoms with E-state index in [0.717, 1.165) is 64.3 Å². The molecule has 0 aromatic carbocycles. The standard InChI is InChI=1S/C19H35NO3/c1-2-3-7-10-18(22)13-11-17-12-14-19(23)20(17)15-8-5-4-6-9-16-21/h11,13,17-18,21-22H,2-10,12,14-16H2,1H3/b13-11+/t17?,18-/m1/s1. The summed E-state index contributed by atoms with van der Waals surface area (Å²) in [5.74, 6) is 0.246. The highest BCUT2D eigenvalue weighted by Crippen LogP contribution is 2.21. The molecule has 4 nitrogen and oxygen atoms in total. The number of unbranched alkanes of at least 4 members (excludes halogenated alkanes) is 6. The van der Waals surface area contributed by atoms with Crippen molar-refractivity contribution in [2.24, 2.45) is 0 Å². The number of rotatable bonds is 13. The van der Waals surface area contributed by atoms with Crippen molar-refractivity contribution in [2.45, 2.75) is 89.7 Å². The predicted molar refractivity (Wildman–Crippen MR) is 94.2 cm³/mol. The quantitative estimate of drug-likeness (QED) is 0.403. The first-order valence-electron chi connectivity index (χ1n) is 9.45. The van der Waals surface area contributed by atoms with Crippen molar-refractivity contribution in [3.63, 3.8) is 0 Å². The molecule has 0 saturated carbocycles. The number of likely N-dealkylation sites (tertiary alicyclic amines) is 1. The van der Waals surface area contributed by atoms with E-state index in [1.54, 1.807) is 0 Å². The second kappa shape index (κ2) is 12.5. The number of nitrogens with zero attached hydrogens (tertiary/aromatic N) is 1. The highest BCUT2D eigenvalue weighted by Gasteiger charge is 2.28. The molecule has 0 spiro atoms. The van der Waals surface area contributed by atoms with Gasteiger partial charge in [-0.05, 0) is 25.7 Å². The second-order valence-electron chi connectivity index (χ2n) is 6.63. The molecule has 0 radical (unpaired) electrons.